The van der Waals surface area contributed by atoms with Crippen molar-refractivity contribution in [3.05, 3.63) is 106 Å². The normalized spacial score (nSPS) is 20.1. The number of Topliss-reactive ketones (excluding diaryl/α,β-unsaturated/α-hetero) is 1. The first-order valence-electron chi connectivity index (χ1n) is 14.0. The second kappa shape index (κ2) is 12.5. The number of esters is 1. The van der Waals surface area contributed by atoms with Crippen LogP contribution in [0, 0.1) is 0 Å². The van der Waals surface area contributed by atoms with E-state index in [-0.39, 0.29) is 46.7 Å². The summed E-state index contributed by atoms with van der Waals surface area (Å²) in [6, 6.07) is 18.3. The van der Waals surface area contributed by atoms with Crippen LogP contribution in [0.3, 0.4) is 0 Å². The smallest absolute Gasteiger partial charge is 0.330 e. The first-order chi connectivity index (χ1) is 22.1. The molecule has 2 aliphatic rings. The minimum atomic E-state index is -1.67. The number of fused-ring (bicyclic) bond motifs is 2. The number of benzene rings is 4. The number of ketones is 1. The molecule has 46 heavy (non-hydrogen) atoms. The van der Waals surface area contributed by atoms with E-state index in [2.05, 4.69) is 0 Å². The van der Waals surface area contributed by atoms with E-state index in [4.69, 9.17) is 35.3 Å². The standard InChI is InChI=1S/C34H27ClO11/c1-42-25-12-18(5-9-22(25)37)33-28(16-43-29(39)11-4-17-2-7-20(35)8-3-17)44-24-10-6-19(13-26(24)45-33)34-32(41)31(40)30-23(38)14-21(36)15-27(30)46-34/h2-15,28,32-34,36-38,41H,16H2,1H3/b11-4+. The summed E-state index contributed by atoms with van der Waals surface area (Å²) in [6.45, 7) is -0.207. The average molecular weight is 647 g/mol. The number of hydrogen-bond acceptors (Lipinski definition) is 11. The van der Waals surface area contributed by atoms with E-state index >= 15 is 0 Å². The van der Waals surface area contributed by atoms with Crippen molar-refractivity contribution < 1.29 is 53.7 Å². The molecule has 12 heteroatoms. The minimum absolute atomic E-state index is 0.0891. The summed E-state index contributed by atoms with van der Waals surface area (Å²) in [7, 11) is 1.40. The van der Waals surface area contributed by atoms with Crippen molar-refractivity contribution >= 4 is 29.4 Å². The van der Waals surface area contributed by atoms with Gasteiger partial charge in [-0.25, -0.2) is 4.79 Å². The summed E-state index contributed by atoms with van der Waals surface area (Å²) in [5.74, 6) is -1.71. The van der Waals surface area contributed by atoms with Crippen LogP contribution >= 0.6 is 11.6 Å². The fourth-order valence-electron chi connectivity index (χ4n) is 5.22. The molecule has 4 N–H and O–H groups in total. The Labute approximate surface area is 267 Å². The fraction of sp³-hybridized carbons (Fsp3) is 0.176. The maximum Gasteiger partial charge on any atom is 0.330 e. The number of aliphatic hydroxyl groups excluding tert-OH is 1. The predicted molar refractivity (Wildman–Crippen MR) is 164 cm³/mol. The van der Waals surface area contributed by atoms with Gasteiger partial charge in [-0.1, -0.05) is 35.9 Å². The SMILES string of the molecule is COc1cc(C2Oc3cc(C4Oc5cc(O)cc(O)c5C(=O)C4O)ccc3OC2COC(=O)/C=C/c2ccc(Cl)cc2)ccc1O. The van der Waals surface area contributed by atoms with E-state index in [1.807, 2.05) is 0 Å². The Kier molecular flexibility index (Phi) is 8.35. The molecular formula is C34H27ClO11. The third-order valence-electron chi connectivity index (χ3n) is 7.49. The van der Waals surface area contributed by atoms with Crippen LogP contribution in [0.1, 0.15) is 39.3 Å². The summed E-state index contributed by atoms with van der Waals surface area (Å²) < 4.78 is 29.2. The molecule has 0 amide bonds. The molecule has 4 unspecified atom stereocenters. The molecule has 11 nitrogen and oxygen atoms in total. The topological polar surface area (TPSA) is 161 Å². The van der Waals surface area contributed by atoms with Crippen LogP contribution in [0.4, 0.5) is 0 Å². The van der Waals surface area contributed by atoms with Crippen LogP contribution in [-0.2, 0) is 9.53 Å². The van der Waals surface area contributed by atoms with Crippen molar-refractivity contribution in [2.24, 2.45) is 0 Å². The molecule has 0 aliphatic carbocycles. The lowest BCUT2D eigenvalue weighted by Crippen LogP contribution is -2.38. The lowest BCUT2D eigenvalue weighted by atomic mass is 9.92. The monoisotopic (exact) mass is 646 g/mol. The fourth-order valence-corrected chi connectivity index (χ4v) is 5.34. The number of hydrogen-bond donors (Lipinski definition) is 4. The number of aromatic hydroxyl groups is 3. The van der Waals surface area contributed by atoms with Crippen LogP contribution in [0.2, 0.25) is 5.02 Å². The Bertz CT molecular complexity index is 1840. The molecule has 6 rings (SSSR count). The van der Waals surface area contributed by atoms with Crippen LogP contribution in [-0.4, -0.2) is 58.1 Å². The highest BCUT2D eigenvalue weighted by Gasteiger charge is 2.41. The number of phenolic OH excluding ortho intramolecular Hbond substituents is 3. The van der Waals surface area contributed by atoms with E-state index in [1.165, 1.54) is 31.4 Å². The van der Waals surface area contributed by atoms with Crippen molar-refractivity contribution in [2.75, 3.05) is 13.7 Å². The van der Waals surface area contributed by atoms with E-state index in [1.54, 1.807) is 54.6 Å². The average Bonchev–Trinajstić information content (AvgIpc) is 3.04. The second-order valence-corrected chi connectivity index (χ2v) is 11.0. The van der Waals surface area contributed by atoms with Gasteiger partial charge in [-0.15, -0.1) is 0 Å². The zero-order chi connectivity index (χ0) is 32.5. The highest BCUT2D eigenvalue weighted by molar-refractivity contribution is 6.30. The molecule has 0 radical (unpaired) electrons. The van der Waals surface area contributed by atoms with Crippen LogP contribution in [0.25, 0.3) is 6.08 Å². The van der Waals surface area contributed by atoms with Gasteiger partial charge in [0.15, 0.2) is 47.4 Å². The molecule has 0 saturated heterocycles. The van der Waals surface area contributed by atoms with Gasteiger partial charge in [0.05, 0.1) is 7.11 Å². The lowest BCUT2D eigenvalue weighted by molar-refractivity contribution is -0.142. The molecule has 236 valence electrons. The van der Waals surface area contributed by atoms with Crippen molar-refractivity contribution in [1.29, 1.82) is 0 Å². The van der Waals surface area contributed by atoms with Crippen LogP contribution in [0.5, 0.6) is 40.2 Å². The molecule has 0 spiro atoms. The molecule has 0 aromatic heterocycles. The number of halogens is 1. The molecule has 0 saturated carbocycles. The Morgan fingerprint density at radius 2 is 1.57 bits per heavy atom. The quantitative estimate of drug-likeness (QED) is 0.153. The van der Waals surface area contributed by atoms with Gasteiger partial charge in [-0.3, -0.25) is 4.79 Å². The summed E-state index contributed by atoms with van der Waals surface area (Å²) in [6.07, 6.45) is -1.71. The second-order valence-electron chi connectivity index (χ2n) is 10.5. The highest BCUT2D eigenvalue weighted by atomic mass is 35.5. The minimum Gasteiger partial charge on any atom is -0.508 e. The molecule has 4 atom stereocenters. The van der Waals surface area contributed by atoms with Gasteiger partial charge >= 0.3 is 5.97 Å². The summed E-state index contributed by atoms with van der Waals surface area (Å²) in [4.78, 5) is 25.5. The van der Waals surface area contributed by atoms with E-state index in [0.29, 0.717) is 16.1 Å². The van der Waals surface area contributed by atoms with Gasteiger partial charge in [-0.2, -0.15) is 0 Å². The van der Waals surface area contributed by atoms with E-state index < -0.39 is 41.9 Å². The summed E-state index contributed by atoms with van der Waals surface area (Å²) in [5, 5.41) is 41.6. The predicted octanol–water partition coefficient (Wildman–Crippen LogP) is 5.28. The molecule has 4 aromatic rings. The van der Waals surface area contributed by atoms with Gasteiger partial charge in [-0.05, 0) is 53.6 Å². The van der Waals surface area contributed by atoms with Gasteiger partial charge in [0, 0.05) is 28.8 Å². The molecule has 2 aliphatic heterocycles. The van der Waals surface area contributed by atoms with Gasteiger partial charge < -0.3 is 44.1 Å². The van der Waals surface area contributed by atoms with Gasteiger partial charge in [0.1, 0.15) is 29.4 Å². The number of phenols is 3. The Hall–Kier alpha value is -5.39. The van der Waals surface area contributed by atoms with Gasteiger partial charge in [0.2, 0.25) is 5.78 Å². The zero-order valence-electron chi connectivity index (χ0n) is 24.1. The molecule has 4 aromatic carbocycles. The highest BCUT2D eigenvalue weighted by Crippen LogP contribution is 2.46. The Morgan fingerprint density at radius 1 is 0.848 bits per heavy atom. The number of methoxy groups -OCH3 is 1. The lowest BCUT2D eigenvalue weighted by Gasteiger charge is -2.35. The Balaban J connectivity index is 1.27. The van der Waals surface area contributed by atoms with Crippen LogP contribution < -0.4 is 18.9 Å². The summed E-state index contributed by atoms with van der Waals surface area (Å²) >= 11 is 5.92. The maximum atomic E-state index is 12.9. The Morgan fingerprint density at radius 3 is 2.33 bits per heavy atom. The number of ether oxygens (including phenoxy) is 5. The van der Waals surface area contributed by atoms with Crippen molar-refractivity contribution in [3.8, 4) is 40.2 Å². The zero-order valence-corrected chi connectivity index (χ0v) is 24.9. The molecular weight excluding hydrogens is 620 g/mol. The summed E-state index contributed by atoms with van der Waals surface area (Å²) in [5.41, 5.74) is 1.40. The molecule has 2 heterocycles. The van der Waals surface area contributed by atoms with E-state index in [9.17, 15) is 30.0 Å². The van der Waals surface area contributed by atoms with Crippen LogP contribution in [0.15, 0.2) is 78.9 Å². The van der Waals surface area contributed by atoms with Crippen molar-refractivity contribution in [1.82, 2.24) is 0 Å². The largest absolute Gasteiger partial charge is 0.508 e. The van der Waals surface area contributed by atoms with Crippen molar-refractivity contribution in [3.63, 3.8) is 0 Å². The number of aliphatic hydroxyl groups is 1. The van der Waals surface area contributed by atoms with Gasteiger partial charge in [0.25, 0.3) is 0 Å². The third kappa shape index (κ3) is 6.10. The maximum absolute atomic E-state index is 12.9. The molecule has 0 bridgehead atoms. The number of carbonyl (C=O) groups excluding carboxylic acids is 2. The third-order valence-corrected chi connectivity index (χ3v) is 7.74. The van der Waals surface area contributed by atoms with Crippen molar-refractivity contribution in [2.45, 2.75) is 24.4 Å². The van der Waals surface area contributed by atoms with E-state index in [0.717, 1.165) is 11.6 Å². The number of carbonyl (C=O) groups is 2. The molecule has 0 fully saturated rings. The first kappa shape index (κ1) is 30.6. The first-order valence-corrected chi connectivity index (χ1v) is 14.4. The number of rotatable bonds is 7.